The van der Waals surface area contributed by atoms with Crippen LogP contribution in [0.2, 0.25) is 0 Å². The second-order valence-electron chi connectivity index (χ2n) is 4.71. The minimum atomic E-state index is -0.0717. The first kappa shape index (κ1) is 13.3. The van der Waals surface area contributed by atoms with Gasteiger partial charge in [0.25, 0.3) is 5.91 Å². The van der Waals surface area contributed by atoms with Crippen LogP contribution >= 0.6 is 0 Å². The van der Waals surface area contributed by atoms with Gasteiger partial charge in [-0.15, -0.1) is 0 Å². The van der Waals surface area contributed by atoms with Crippen LogP contribution in [0.5, 0.6) is 0 Å². The third-order valence-corrected chi connectivity index (χ3v) is 2.83. The number of amides is 1. The van der Waals surface area contributed by atoms with E-state index in [1.807, 2.05) is 24.6 Å². The van der Waals surface area contributed by atoms with Gasteiger partial charge in [-0.25, -0.2) is 4.98 Å². The van der Waals surface area contributed by atoms with E-state index >= 15 is 0 Å². The van der Waals surface area contributed by atoms with Crippen LogP contribution in [0.15, 0.2) is 31.1 Å². The maximum Gasteiger partial charge on any atom is 0.254 e. The molecule has 0 aliphatic heterocycles. The van der Waals surface area contributed by atoms with Crippen molar-refractivity contribution in [2.75, 3.05) is 6.54 Å². The average molecular weight is 261 g/mol. The molecule has 0 atom stereocenters. The van der Waals surface area contributed by atoms with Gasteiger partial charge < -0.3 is 9.88 Å². The molecule has 0 aliphatic rings. The normalized spacial score (nSPS) is 10.9. The summed E-state index contributed by atoms with van der Waals surface area (Å²) in [6, 6.07) is 0.266. The van der Waals surface area contributed by atoms with Crippen LogP contribution in [0.25, 0.3) is 0 Å². The zero-order valence-electron chi connectivity index (χ0n) is 11.3. The summed E-state index contributed by atoms with van der Waals surface area (Å²) >= 11 is 0. The fourth-order valence-corrected chi connectivity index (χ4v) is 1.72. The number of nitrogens with one attached hydrogen (secondary N) is 1. The zero-order valence-corrected chi connectivity index (χ0v) is 11.3. The highest BCUT2D eigenvalue weighted by atomic mass is 16.1. The summed E-state index contributed by atoms with van der Waals surface area (Å²) < 4.78 is 3.77. The fourth-order valence-electron chi connectivity index (χ4n) is 1.72. The summed E-state index contributed by atoms with van der Waals surface area (Å²) in [5, 5.41) is 7.04. The van der Waals surface area contributed by atoms with Gasteiger partial charge in [0.2, 0.25) is 0 Å². The largest absolute Gasteiger partial charge is 0.352 e. The Morgan fingerprint density at radius 3 is 2.95 bits per heavy atom. The van der Waals surface area contributed by atoms with Gasteiger partial charge in [-0.05, 0) is 20.3 Å². The van der Waals surface area contributed by atoms with Crippen LogP contribution in [0.3, 0.4) is 0 Å². The molecule has 0 aliphatic carbocycles. The lowest BCUT2D eigenvalue weighted by Crippen LogP contribution is -2.24. The van der Waals surface area contributed by atoms with E-state index in [9.17, 15) is 4.79 Å². The molecule has 2 aromatic rings. The molecule has 0 saturated carbocycles. The molecule has 6 nitrogen and oxygen atoms in total. The van der Waals surface area contributed by atoms with Crippen LogP contribution in [0.4, 0.5) is 0 Å². The van der Waals surface area contributed by atoms with Crippen LogP contribution in [0, 0.1) is 0 Å². The van der Waals surface area contributed by atoms with E-state index in [0.29, 0.717) is 12.1 Å². The molecule has 102 valence electrons. The molecule has 0 radical (unpaired) electrons. The Balaban J connectivity index is 1.74. The monoisotopic (exact) mass is 261 g/mol. The second-order valence-corrected chi connectivity index (χ2v) is 4.71. The molecule has 2 heterocycles. The van der Waals surface area contributed by atoms with E-state index in [2.05, 4.69) is 15.4 Å². The maximum absolute atomic E-state index is 11.9. The molecule has 1 N–H and O–H groups in total. The van der Waals surface area contributed by atoms with Crippen molar-refractivity contribution in [3.05, 3.63) is 36.7 Å². The molecule has 0 bridgehead atoms. The van der Waals surface area contributed by atoms with Crippen LogP contribution < -0.4 is 5.32 Å². The molecular formula is C13H19N5O. The van der Waals surface area contributed by atoms with Gasteiger partial charge in [-0.2, -0.15) is 5.10 Å². The van der Waals surface area contributed by atoms with Gasteiger partial charge in [-0.1, -0.05) is 0 Å². The Bertz CT molecular complexity index is 515. The van der Waals surface area contributed by atoms with Gasteiger partial charge in [0.1, 0.15) is 0 Å². The van der Waals surface area contributed by atoms with Crippen molar-refractivity contribution in [1.82, 2.24) is 24.6 Å². The number of hydrogen-bond acceptors (Lipinski definition) is 3. The number of rotatable bonds is 6. The molecule has 2 rings (SSSR count). The highest BCUT2D eigenvalue weighted by molar-refractivity contribution is 5.93. The lowest BCUT2D eigenvalue weighted by Gasteiger charge is -2.05. The molecule has 0 spiro atoms. The third-order valence-electron chi connectivity index (χ3n) is 2.83. The quantitative estimate of drug-likeness (QED) is 0.801. The fraction of sp³-hybridized carbons (Fsp3) is 0.462. The van der Waals surface area contributed by atoms with Crippen molar-refractivity contribution in [1.29, 1.82) is 0 Å². The van der Waals surface area contributed by atoms with Crippen LogP contribution in [-0.2, 0) is 6.54 Å². The first-order valence-corrected chi connectivity index (χ1v) is 6.45. The number of aryl methyl sites for hydroxylation is 1. The van der Waals surface area contributed by atoms with Crippen molar-refractivity contribution in [2.45, 2.75) is 32.9 Å². The Kier molecular flexibility index (Phi) is 4.33. The third kappa shape index (κ3) is 3.67. The average Bonchev–Trinajstić information content (AvgIpc) is 3.05. The number of carbonyl (C=O) groups excluding carboxylic acids is 1. The van der Waals surface area contributed by atoms with E-state index < -0.39 is 0 Å². The van der Waals surface area contributed by atoms with Crippen molar-refractivity contribution in [3.63, 3.8) is 0 Å². The number of hydrogen-bond donors (Lipinski definition) is 1. The highest BCUT2D eigenvalue weighted by Crippen LogP contribution is 2.05. The van der Waals surface area contributed by atoms with Crippen molar-refractivity contribution < 1.29 is 4.79 Å². The van der Waals surface area contributed by atoms with Gasteiger partial charge in [0.15, 0.2) is 0 Å². The number of aromatic nitrogens is 4. The van der Waals surface area contributed by atoms with Crippen LogP contribution in [-0.4, -0.2) is 31.8 Å². The molecule has 0 unspecified atom stereocenters. The highest BCUT2D eigenvalue weighted by Gasteiger charge is 2.08. The molecule has 6 heteroatoms. The molecule has 0 aromatic carbocycles. The van der Waals surface area contributed by atoms with Crippen molar-refractivity contribution >= 4 is 5.91 Å². The van der Waals surface area contributed by atoms with Gasteiger partial charge in [0.05, 0.1) is 18.1 Å². The first-order valence-electron chi connectivity index (χ1n) is 6.45. The number of imidazole rings is 1. The second kappa shape index (κ2) is 6.17. The van der Waals surface area contributed by atoms with Gasteiger partial charge in [0, 0.05) is 37.7 Å². The SMILES string of the molecule is CC(C)n1cc(C(=O)NCCCn2ccnc2)cn1. The Morgan fingerprint density at radius 1 is 1.47 bits per heavy atom. The molecular weight excluding hydrogens is 242 g/mol. The molecule has 19 heavy (non-hydrogen) atoms. The van der Waals surface area contributed by atoms with E-state index in [1.165, 1.54) is 0 Å². The summed E-state index contributed by atoms with van der Waals surface area (Å²) in [6.07, 6.45) is 9.68. The predicted molar refractivity (Wildman–Crippen MR) is 71.8 cm³/mol. The maximum atomic E-state index is 11.9. The minimum absolute atomic E-state index is 0.0717. The zero-order chi connectivity index (χ0) is 13.7. The van der Waals surface area contributed by atoms with E-state index in [1.54, 1.807) is 29.6 Å². The van der Waals surface area contributed by atoms with Gasteiger partial charge >= 0.3 is 0 Å². The number of nitrogens with zero attached hydrogens (tertiary/aromatic N) is 4. The molecule has 1 amide bonds. The Labute approximate surface area is 112 Å². The van der Waals surface area contributed by atoms with E-state index in [-0.39, 0.29) is 11.9 Å². The summed E-state index contributed by atoms with van der Waals surface area (Å²) in [4.78, 5) is 15.8. The van der Waals surface area contributed by atoms with Crippen molar-refractivity contribution in [2.24, 2.45) is 0 Å². The van der Waals surface area contributed by atoms with Gasteiger partial charge in [-0.3, -0.25) is 9.48 Å². The summed E-state index contributed by atoms with van der Waals surface area (Å²) in [7, 11) is 0. The Morgan fingerprint density at radius 2 is 2.32 bits per heavy atom. The number of carbonyl (C=O) groups is 1. The van der Waals surface area contributed by atoms with Crippen LogP contribution in [0.1, 0.15) is 36.7 Å². The summed E-state index contributed by atoms with van der Waals surface area (Å²) in [5.74, 6) is -0.0717. The first-order chi connectivity index (χ1) is 9.16. The Hall–Kier alpha value is -2.11. The summed E-state index contributed by atoms with van der Waals surface area (Å²) in [5.41, 5.74) is 0.608. The lowest BCUT2D eigenvalue weighted by molar-refractivity contribution is 0.0952. The molecule has 0 fully saturated rings. The van der Waals surface area contributed by atoms with E-state index in [4.69, 9.17) is 0 Å². The lowest BCUT2D eigenvalue weighted by atomic mass is 10.3. The van der Waals surface area contributed by atoms with Crippen molar-refractivity contribution in [3.8, 4) is 0 Å². The summed E-state index contributed by atoms with van der Waals surface area (Å²) in [6.45, 7) is 5.55. The van der Waals surface area contributed by atoms with E-state index in [0.717, 1.165) is 13.0 Å². The smallest absolute Gasteiger partial charge is 0.254 e. The topological polar surface area (TPSA) is 64.7 Å². The standard InChI is InChI=1S/C13H19N5O/c1-11(2)18-9-12(8-16-18)13(19)15-4-3-6-17-7-5-14-10-17/h5,7-11H,3-4,6H2,1-2H3,(H,15,19). The molecule has 2 aromatic heterocycles. The predicted octanol–water partition coefficient (Wildman–Crippen LogP) is 1.48. The molecule has 0 saturated heterocycles. The minimum Gasteiger partial charge on any atom is -0.352 e.